The van der Waals surface area contributed by atoms with Crippen molar-refractivity contribution < 1.29 is 9.13 Å². The summed E-state index contributed by atoms with van der Waals surface area (Å²) >= 11 is 3.47. The van der Waals surface area contributed by atoms with Gasteiger partial charge in [0.1, 0.15) is 5.82 Å². The van der Waals surface area contributed by atoms with Gasteiger partial charge < -0.3 is 10.1 Å². The molecule has 0 saturated heterocycles. The van der Waals surface area contributed by atoms with Crippen molar-refractivity contribution in [2.45, 2.75) is 19.8 Å². The number of benzene rings is 1. The minimum absolute atomic E-state index is 0.171. The molecule has 0 amide bonds. The van der Waals surface area contributed by atoms with E-state index in [4.69, 9.17) is 4.74 Å². The SMILES string of the molecule is CCC(CNCCOC)Cc1cc(F)ccc1Br. The Morgan fingerprint density at radius 2 is 2.22 bits per heavy atom. The maximum absolute atomic E-state index is 13.2. The van der Waals surface area contributed by atoms with Crippen molar-refractivity contribution in [3.8, 4) is 0 Å². The van der Waals surface area contributed by atoms with E-state index in [1.807, 2.05) is 0 Å². The molecule has 0 saturated carbocycles. The van der Waals surface area contributed by atoms with Crippen LogP contribution in [0.1, 0.15) is 18.9 Å². The van der Waals surface area contributed by atoms with Crippen LogP contribution in [0.3, 0.4) is 0 Å². The molecule has 0 fully saturated rings. The number of hydrogen-bond donors (Lipinski definition) is 1. The van der Waals surface area contributed by atoms with Gasteiger partial charge >= 0.3 is 0 Å². The van der Waals surface area contributed by atoms with E-state index in [0.29, 0.717) is 5.92 Å². The lowest BCUT2D eigenvalue weighted by Crippen LogP contribution is -2.27. The van der Waals surface area contributed by atoms with Gasteiger partial charge in [0.25, 0.3) is 0 Å². The Labute approximate surface area is 117 Å². The zero-order valence-corrected chi connectivity index (χ0v) is 12.6. The van der Waals surface area contributed by atoms with Crippen LogP contribution in [-0.4, -0.2) is 26.8 Å². The number of ether oxygens (including phenoxy) is 1. The quantitative estimate of drug-likeness (QED) is 0.742. The van der Waals surface area contributed by atoms with Crippen LogP contribution in [0, 0.1) is 11.7 Å². The second kappa shape index (κ2) is 8.62. The fraction of sp³-hybridized carbons (Fsp3) is 0.571. The Bertz CT molecular complexity index is 360. The molecule has 1 atom stereocenters. The van der Waals surface area contributed by atoms with Crippen molar-refractivity contribution in [3.05, 3.63) is 34.1 Å². The van der Waals surface area contributed by atoms with Crippen LogP contribution in [0.15, 0.2) is 22.7 Å². The molecular weight excluding hydrogens is 297 g/mol. The molecule has 0 spiro atoms. The summed E-state index contributed by atoms with van der Waals surface area (Å²) in [5.74, 6) is 0.343. The van der Waals surface area contributed by atoms with Crippen LogP contribution in [0.5, 0.6) is 0 Å². The second-order valence-corrected chi connectivity index (χ2v) is 5.27. The van der Waals surface area contributed by atoms with E-state index in [1.54, 1.807) is 19.2 Å². The van der Waals surface area contributed by atoms with E-state index >= 15 is 0 Å². The summed E-state index contributed by atoms with van der Waals surface area (Å²) in [7, 11) is 1.70. The fourth-order valence-electron chi connectivity index (χ4n) is 1.85. The van der Waals surface area contributed by atoms with Gasteiger partial charge in [-0.3, -0.25) is 0 Å². The Balaban J connectivity index is 2.48. The van der Waals surface area contributed by atoms with Gasteiger partial charge in [0.2, 0.25) is 0 Å². The molecule has 0 aliphatic rings. The van der Waals surface area contributed by atoms with Crippen molar-refractivity contribution in [1.82, 2.24) is 5.32 Å². The van der Waals surface area contributed by atoms with E-state index in [-0.39, 0.29) is 5.82 Å². The monoisotopic (exact) mass is 317 g/mol. The Morgan fingerprint density at radius 3 is 2.89 bits per heavy atom. The van der Waals surface area contributed by atoms with Gasteiger partial charge in [-0.15, -0.1) is 0 Å². The molecule has 0 radical (unpaired) electrons. The van der Waals surface area contributed by atoms with E-state index in [2.05, 4.69) is 28.2 Å². The molecule has 0 aromatic heterocycles. The minimum Gasteiger partial charge on any atom is -0.383 e. The maximum Gasteiger partial charge on any atom is 0.123 e. The van der Waals surface area contributed by atoms with Crippen LogP contribution in [-0.2, 0) is 11.2 Å². The fourth-order valence-corrected chi connectivity index (χ4v) is 2.26. The highest BCUT2D eigenvalue weighted by molar-refractivity contribution is 9.10. The highest BCUT2D eigenvalue weighted by Gasteiger charge is 2.10. The van der Waals surface area contributed by atoms with Crippen LogP contribution in [0.4, 0.5) is 4.39 Å². The van der Waals surface area contributed by atoms with Crippen molar-refractivity contribution in [2.24, 2.45) is 5.92 Å². The van der Waals surface area contributed by atoms with Gasteiger partial charge in [0, 0.05) is 18.1 Å². The lowest BCUT2D eigenvalue weighted by Gasteiger charge is -2.16. The number of hydrogen-bond acceptors (Lipinski definition) is 2. The number of nitrogens with one attached hydrogen (secondary N) is 1. The third-order valence-electron chi connectivity index (χ3n) is 3.01. The van der Waals surface area contributed by atoms with Gasteiger partial charge in [-0.25, -0.2) is 4.39 Å². The summed E-state index contributed by atoms with van der Waals surface area (Å²) in [6.07, 6.45) is 1.96. The van der Waals surface area contributed by atoms with Crippen LogP contribution in [0.25, 0.3) is 0 Å². The highest BCUT2D eigenvalue weighted by Crippen LogP contribution is 2.22. The molecule has 1 N–H and O–H groups in total. The third-order valence-corrected chi connectivity index (χ3v) is 3.78. The summed E-state index contributed by atoms with van der Waals surface area (Å²) in [6, 6.07) is 4.86. The molecule has 1 aromatic carbocycles. The molecule has 18 heavy (non-hydrogen) atoms. The topological polar surface area (TPSA) is 21.3 Å². The second-order valence-electron chi connectivity index (χ2n) is 4.41. The van der Waals surface area contributed by atoms with Gasteiger partial charge in [0.05, 0.1) is 6.61 Å². The van der Waals surface area contributed by atoms with Crippen molar-refractivity contribution in [1.29, 1.82) is 0 Å². The molecule has 102 valence electrons. The molecule has 2 nitrogen and oxygen atoms in total. The molecular formula is C14H21BrFNO. The average Bonchev–Trinajstić information content (AvgIpc) is 2.37. The maximum atomic E-state index is 13.2. The summed E-state index contributed by atoms with van der Waals surface area (Å²) in [4.78, 5) is 0. The first-order chi connectivity index (χ1) is 8.67. The minimum atomic E-state index is -0.171. The summed E-state index contributed by atoms with van der Waals surface area (Å²) in [5.41, 5.74) is 1.04. The third kappa shape index (κ3) is 5.46. The van der Waals surface area contributed by atoms with E-state index in [0.717, 1.165) is 42.6 Å². The first kappa shape index (κ1) is 15.6. The zero-order chi connectivity index (χ0) is 13.4. The predicted octanol–water partition coefficient (Wildman–Crippen LogP) is 3.39. The summed E-state index contributed by atoms with van der Waals surface area (Å²) < 4.78 is 19.2. The lowest BCUT2D eigenvalue weighted by molar-refractivity contribution is 0.197. The Kier molecular flexibility index (Phi) is 7.47. The van der Waals surface area contributed by atoms with Gasteiger partial charge in [0.15, 0.2) is 0 Å². The molecule has 0 aliphatic carbocycles. The normalized spacial score (nSPS) is 12.7. The van der Waals surface area contributed by atoms with Crippen LogP contribution >= 0.6 is 15.9 Å². The summed E-state index contributed by atoms with van der Waals surface area (Å²) in [5, 5.41) is 3.36. The number of methoxy groups -OCH3 is 1. The van der Waals surface area contributed by atoms with Gasteiger partial charge in [-0.1, -0.05) is 29.3 Å². The first-order valence-electron chi connectivity index (χ1n) is 6.31. The molecule has 1 rings (SSSR count). The van der Waals surface area contributed by atoms with Crippen molar-refractivity contribution in [3.63, 3.8) is 0 Å². The van der Waals surface area contributed by atoms with Crippen LogP contribution < -0.4 is 5.32 Å². The predicted molar refractivity (Wildman–Crippen MR) is 76.3 cm³/mol. The van der Waals surface area contributed by atoms with E-state index in [9.17, 15) is 4.39 Å². The number of rotatable bonds is 8. The van der Waals surface area contributed by atoms with Gasteiger partial charge in [-0.05, 0) is 42.6 Å². The Morgan fingerprint density at radius 1 is 1.44 bits per heavy atom. The molecule has 1 aromatic rings. The standard InChI is InChI=1S/C14H21BrFNO/c1-3-11(10-17-6-7-18-2)8-12-9-13(16)4-5-14(12)15/h4-5,9,11,17H,3,6-8,10H2,1-2H3. The smallest absolute Gasteiger partial charge is 0.123 e. The summed E-state index contributed by atoms with van der Waals surface area (Å²) in [6.45, 7) is 4.68. The van der Waals surface area contributed by atoms with Gasteiger partial charge in [-0.2, -0.15) is 0 Å². The van der Waals surface area contributed by atoms with Crippen LogP contribution in [0.2, 0.25) is 0 Å². The van der Waals surface area contributed by atoms with E-state index < -0.39 is 0 Å². The van der Waals surface area contributed by atoms with Crippen molar-refractivity contribution >= 4 is 15.9 Å². The lowest BCUT2D eigenvalue weighted by atomic mass is 9.97. The average molecular weight is 318 g/mol. The molecule has 0 heterocycles. The molecule has 0 bridgehead atoms. The molecule has 1 unspecified atom stereocenters. The first-order valence-corrected chi connectivity index (χ1v) is 7.10. The van der Waals surface area contributed by atoms with Crippen molar-refractivity contribution in [2.75, 3.05) is 26.8 Å². The molecule has 4 heteroatoms. The largest absolute Gasteiger partial charge is 0.383 e. The molecule has 0 aliphatic heterocycles. The number of halogens is 2. The highest BCUT2D eigenvalue weighted by atomic mass is 79.9. The zero-order valence-electron chi connectivity index (χ0n) is 11.0. The Hall–Kier alpha value is -0.450. The van der Waals surface area contributed by atoms with E-state index in [1.165, 1.54) is 6.07 Å².